The number of phenolic OH excluding ortho intramolecular Hbond substituents is 4. The molecule has 0 heterocycles. The average Bonchev–Trinajstić information content (AvgIpc) is 2.99. The second-order valence-corrected chi connectivity index (χ2v) is 13.5. The number of phenols is 4. The van der Waals surface area contributed by atoms with Crippen LogP contribution in [0.3, 0.4) is 0 Å². The van der Waals surface area contributed by atoms with Gasteiger partial charge >= 0.3 is 0 Å². The summed E-state index contributed by atoms with van der Waals surface area (Å²) in [5.41, 5.74) is 8.39. The monoisotopic (exact) mass is 722 g/mol. The van der Waals surface area contributed by atoms with Gasteiger partial charge in [0.25, 0.3) is 0 Å². The summed E-state index contributed by atoms with van der Waals surface area (Å²) in [5.74, 6) is 1.71. The highest BCUT2D eigenvalue weighted by atomic mass is 35.5. The molecule has 4 nitrogen and oxygen atoms in total. The van der Waals surface area contributed by atoms with Crippen molar-refractivity contribution in [2.75, 3.05) is 0 Å². The van der Waals surface area contributed by atoms with Gasteiger partial charge in [0.1, 0.15) is 23.0 Å². The third-order valence-corrected chi connectivity index (χ3v) is 9.50. The SMILES string of the molecule is CCCc1cc(Cl)c(C)cc1O.CCc1c(O)cc(C)c(Cl)c1C.CCc1cc(Cl)c(C)cc1O.Cc1cc(O)c(C(C)C)cc1Cl. The number of benzene rings is 4. The van der Waals surface area contributed by atoms with E-state index in [9.17, 15) is 20.4 Å². The van der Waals surface area contributed by atoms with Crippen LogP contribution < -0.4 is 0 Å². The maximum atomic E-state index is 9.54. The topological polar surface area (TPSA) is 80.9 Å². The first kappa shape index (κ1) is 42.3. The standard InChI is InChI=1S/3C10H13ClO.C9H11ClO/c1-6(2)8-5-9(11)7(3)4-10(8)12;1-4-8-7(3)10(11)6(2)5-9(8)12;1-3-4-8-6-9(11)7(2)5-10(8)12;1-3-7-5-8(10)6(2)4-9(7)11/h4-6,12H,1-3H3;5,12H,4H2,1-3H3;5-6,12H,3-4H2,1-2H3;4-5,11H,3H2,1-2H3. The highest BCUT2D eigenvalue weighted by Gasteiger charge is 2.10. The molecule has 0 bridgehead atoms. The minimum absolute atomic E-state index is 0.308. The summed E-state index contributed by atoms with van der Waals surface area (Å²) in [6, 6.07) is 12.3. The quantitative estimate of drug-likeness (QED) is 0.165. The fourth-order valence-electron chi connectivity index (χ4n) is 4.73. The molecule has 0 radical (unpaired) electrons. The Labute approximate surface area is 301 Å². The number of halogens is 4. The summed E-state index contributed by atoms with van der Waals surface area (Å²) < 4.78 is 0. The molecule has 4 aromatic rings. The highest BCUT2D eigenvalue weighted by Crippen LogP contribution is 2.32. The van der Waals surface area contributed by atoms with Gasteiger partial charge in [-0.15, -0.1) is 0 Å². The van der Waals surface area contributed by atoms with Crippen LogP contribution in [0.2, 0.25) is 20.1 Å². The molecular weight excluding hydrogens is 674 g/mol. The lowest BCUT2D eigenvalue weighted by Gasteiger charge is -2.10. The van der Waals surface area contributed by atoms with Gasteiger partial charge in [-0.25, -0.2) is 0 Å². The Kier molecular flexibility index (Phi) is 17.9. The predicted molar refractivity (Wildman–Crippen MR) is 203 cm³/mol. The molecule has 0 aliphatic heterocycles. The zero-order valence-electron chi connectivity index (χ0n) is 29.2. The lowest BCUT2D eigenvalue weighted by molar-refractivity contribution is 0.464. The summed E-state index contributed by atoms with van der Waals surface area (Å²) in [5, 5.41) is 40.9. The molecule has 4 aromatic carbocycles. The van der Waals surface area contributed by atoms with E-state index < -0.39 is 0 Å². The number of rotatable bonds is 5. The summed E-state index contributed by atoms with van der Waals surface area (Å²) >= 11 is 23.7. The van der Waals surface area contributed by atoms with Crippen LogP contribution in [0.1, 0.15) is 97.0 Å². The molecule has 0 aromatic heterocycles. The summed E-state index contributed by atoms with van der Waals surface area (Å²) in [4.78, 5) is 0. The van der Waals surface area contributed by atoms with Gasteiger partial charge in [-0.2, -0.15) is 0 Å². The van der Waals surface area contributed by atoms with Crippen molar-refractivity contribution in [3.05, 3.63) is 113 Å². The largest absolute Gasteiger partial charge is 0.508 e. The van der Waals surface area contributed by atoms with Crippen LogP contribution in [-0.4, -0.2) is 20.4 Å². The fourth-order valence-corrected chi connectivity index (χ4v) is 5.45. The van der Waals surface area contributed by atoms with Gasteiger partial charge < -0.3 is 20.4 Å². The molecule has 0 saturated heterocycles. The van der Waals surface area contributed by atoms with Gasteiger partial charge in [-0.05, 0) is 152 Å². The molecule has 0 atom stereocenters. The maximum absolute atomic E-state index is 9.54. The molecule has 8 heteroatoms. The molecule has 0 aliphatic rings. The molecule has 0 fully saturated rings. The van der Waals surface area contributed by atoms with Crippen LogP contribution in [-0.2, 0) is 19.3 Å². The van der Waals surface area contributed by atoms with Crippen molar-refractivity contribution in [2.24, 2.45) is 0 Å². The molecule has 4 rings (SSSR count). The normalized spacial score (nSPS) is 10.4. The zero-order chi connectivity index (χ0) is 36.2. The van der Waals surface area contributed by atoms with Crippen LogP contribution in [0.5, 0.6) is 23.0 Å². The van der Waals surface area contributed by atoms with E-state index in [2.05, 4.69) is 6.92 Å². The molecular formula is C39H50Cl4O4. The van der Waals surface area contributed by atoms with Gasteiger partial charge in [-0.3, -0.25) is 0 Å². The van der Waals surface area contributed by atoms with Crippen molar-refractivity contribution in [1.29, 1.82) is 0 Å². The average molecular weight is 725 g/mol. The van der Waals surface area contributed by atoms with E-state index in [0.29, 0.717) is 28.9 Å². The molecule has 0 amide bonds. The number of hydrogen-bond donors (Lipinski definition) is 4. The summed E-state index contributed by atoms with van der Waals surface area (Å²) in [6.07, 6.45) is 3.53. The first-order valence-electron chi connectivity index (χ1n) is 15.8. The second-order valence-electron chi connectivity index (χ2n) is 11.9. The lowest BCUT2D eigenvalue weighted by Crippen LogP contribution is -1.91. The molecule has 0 spiro atoms. The van der Waals surface area contributed by atoms with Gasteiger partial charge in [0.15, 0.2) is 0 Å². The van der Waals surface area contributed by atoms with Gasteiger partial charge in [0, 0.05) is 20.1 Å². The first-order valence-corrected chi connectivity index (χ1v) is 17.3. The van der Waals surface area contributed by atoms with E-state index in [1.54, 1.807) is 24.3 Å². The maximum Gasteiger partial charge on any atom is 0.119 e. The van der Waals surface area contributed by atoms with E-state index in [4.69, 9.17) is 46.4 Å². The van der Waals surface area contributed by atoms with E-state index in [0.717, 1.165) is 95.8 Å². The minimum Gasteiger partial charge on any atom is -0.508 e. The lowest BCUT2D eigenvalue weighted by atomic mass is 10.0. The molecule has 4 N–H and O–H groups in total. The van der Waals surface area contributed by atoms with Crippen LogP contribution >= 0.6 is 46.4 Å². The van der Waals surface area contributed by atoms with Crippen molar-refractivity contribution >= 4 is 46.4 Å². The molecule has 0 saturated carbocycles. The third kappa shape index (κ3) is 12.7. The highest BCUT2D eigenvalue weighted by molar-refractivity contribution is 6.32. The Hall–Kier alpha value is -2.76. The van der Waals surface area contributed by atoms with E-state index >= 15 is 0 Å². The Morgan fingerprint density at radius 2 is 0.957 bits per heavy atom. The molecule has 47 heavy (non-hydrogen) atoms. The van der Waals surface area contributed by atoms with Gasteiger partial charge in [-0.1, -0.05) is 87.4 Å². The van der Waals surface area contributed by atoms with Gasteiger partial charge in [0.05, 0.1) is 0 Å². The minimum atomic E-state index is 0.308. The van der Waals surface area contributed by atoms with Crippen LogP contribution in [0, 0.1) is 34.6 Å². The number of aromatic hydroxyl groups is 4. The Bertz CT molecular complexity index is 1630. The third-order valence-electron chi connectivity index (χ3n) is 7.69. The van der Waals surface area contributed by atoms with Crippen molar-refractivity contribution in [3.63, 3.8) is 0 Å². The fraction of sp³-hybridized carbons (Fsp3) is 0.385. The Balaban J connectivity index is 0.000000314. The van der Waals surface area contributed by atoms with E-state index in [-0.39, 0.29) is 0 Å². The van der Waals surface area contributed by atoms with Crippen LogP contribution in [0.25, 0.3) is 0 Å². The summed E-state index contributed by atoms with van der Waals surface area (Å²) in [6.45, 7) is 19.6. The Morgan fingerprint density at radius 1 is 0.532 bits per heavy atom. The van der Waals surface area contributed by atoms with Crippen molar-refractivity contribution in [2.45, 2.75) is 101 Å². The van der Waals surface area contributed by atoms with Crippen molar-refractivity contribution in [1.82, 2.24) is 0 Å². The smallest absolute Gasteiger partial charge is 0.119 e. The molecule has 0 unspecified atom stereocenters. The number of hydrogen-bond acceptors (Lipinski definition) is 4. The predicted octanol–water partition coefficient (Wildman–Crippen LogP) is 12.9. The van der Waals surface area contributed by atoms with Crippen molar-refractivity contribution < 1.29 is 20.4 Å². The van der Waals surface area contributed by atoms with E-state index in [1.165, 1.54) is 0 Å². The first-order chi connectivity index (χ1) is 21.9. The Morgan fingerprint density at radius 3 is 1.40 bits per heavy atom. The van der Waals surface area contributed by atoms with Gasteiger partial charge in [0.2, 0.25) is 0 Å². The second kappa shape index (κ2) is 19.9. The van der Waals surface area contributed by atoms with Crippen LogP contribution in [0.15, 0.2) is 42.5 Å². The molecule has 0 aliphatic carbocycles. The van der Waals surface area contributed by atoms with Crippen LogP contribution in [0.4, 0.5) is 0 Å². The number of aryl methyl sites for hydroxylation is 6. The summed E-state index contributed by atoms with van der Waals surface area (Å²) in [7, 11) is 0. The molecule has 258 valence electrons. The zero-order valence-corrected chi connectivity index (χ0v) is 32.3. The van der Waals surface area contributed by atoms with Crippen molar-refractivity contribution in [3.8, 4) is 23.0 Å². The van der Waals surface area contributed by atoms with E-state index in [1.807, 2.05) is 80.5 Å².